The first-order valence-electron chi connectivity index (χ1n) is 9.89. The number of piperidine rings is 1. The minimum Gasteiger partial charge on any atom is -0.396 e. The highest BCUT2D eigenvalue weighted by Gasteiger charge is 2.26. The van der Waals surface area contributed by atoms with Gasteiger partial charge in [0.25, 0.3) is 0 Å². The van der Waals surface area contributed by atoms with Crippen LogP contribution >= 0.6 is 0 Å². The Hall–Kier alpha value is -0.810. The lowest BCUT2D eigenvalue weighted by atomic mass is 9.89. The third-order valence-electron chi connectivity index (χ3n) is 5.70. The Bertz CT molecular complexity index is 373. The van der Waals surface area contributed by atoms with Gasteiger partial charge in [-0.05, 0) is 43.9 Å². The molecule has 0 aromatic carbocycles. The monoisotopic (exact) mass is 339 g/mol. The molecule has 1 aliphatic carbocycles. The van der Waals surface area contributed by atoms with Crippen LogP contribution < -0.4 is 10.6 Å². The van der Waals surface area contributed by atoms with Gasteiger partial charge < -0.3 is 20.6 Å². The molecule has 1 saturated carbocycles. The molecule has 0 aromatic rings. The van der Waals surface area contributed by atoms with Crippen molar-refractivity contribution >= 4 is 6.03 Å². The summed E-state index contributed by atoms with van der Waals surface area (Å²) in [5, 5.41) is 15.3. The van der Waals surface area contributed by atoms with Crippen molar-refractivity contribution in [2.75, 3.05) is 26.2 Å². The third kappa shape index (κ3) is 6.60. The number of hydrogen-bond acceptors (Lipinski definition) is 3. The molecule has 24 heavy (non-hydrogen) atoms. The number of nitrogens with zero attached hydrogens (tertiary/aromatic N) is 1. The smallest absolute Gasteiger partial charge is 0.315 e. The Morgan fingerprint density at radius 1 is 1.12 bits per heavy atom. The van der Waals surface area contributed by atoms with Gasteiger partial charge in [0.05, 0.1) is 0 Å². The molecule has 0 bridgehead atoms. The van der Waals surface area contributed by atoms with Crippen LogP contribution in [0.5, 0.6) is 0 Å². The molecule has 3 N–H and O–H groups in total. The molecule has 0 atom stereocenters. The van der Waals surface area contributed by atoms with Crippen LogP contribution in [-0.4, -0.2) is 54.4 Å². The summed E-state index contributed by atoms with van der Waals surface area (Å²) in [6.45, 7) is 7.22. The minimum atomic E-state index is -0.0515. The highest BCUT2D eigenvalue weighted by molar-refractivity contribution is 5.74. The van der Waals surface area contributed by atoms with E-state index in [0.29, 0.717) is 12.6 Å². The zero-order valence-corrected chi connectivity index (χ0v) is 15.6. The van der Waals surface area contributed by atoms with Gasteiger partial charge in [0.15, 0.2) is 0 Å². The lowest BCUT2D eigenvalue weighted by Crippen LogP contribution is -2.50. The summed E-state index contributed by atoms with van der Waals surface area (Å²) in [6.07, 6.45) is 10.9. The summed E-state index contributed by atoms with van der Waals surface area (Å²) >= 11 is 0. The van der Waals surface area contributed by atoms with Crippen LogP contribution in [0.4, 0.5) is 4.79 Å². The molecule has 0 aromatic heterocycles. The fraction of sp³-hybridized carbons (Fsp3) is 0.947. The molecule has 5 nitrogen and oxygen atoms in total. The molecule has 1 saturated heterocycles. The number of urea groups is 1. The van der Waals surface area contributed by atoms with Crippen LogP contribution in [0, 0.1) is 5.41 Å². The van der Waals surface area contributed by atoms with Crippen molar-refractivity contribution < 1.29 is 9.90 Å². The van der Waals surface area contributed by atoms with Gasteiger partial charge >= 0.3 is 6.03 Å². The van der Waals surface area contributed by atoms with Crippen molar-refractivity contribution in [1.29, 1.82) is 0 Å². The predicted molar refractivity (Wildman–Crippen MR) is 98.1 cm³/mol. The first-order valence-corrected chi connectivity index (χ1v) is 9.89. The molecule has 2 amide bonds. The lowest BCUT2D eigenvalue weighted by molar-refractivity contribution is 0.117. The van der Waals surface area contributed by atoms with Crippen molar-refractivity contribution in [2.45, 2.75) is 83.7 Å². The van der Waals surface area contributed by atoms with E-state index in [9.17, 15) is 9.90 Å². The van der Waals surface area contributed by atoms with Crippen molar-refractivity contribution in [3.8, 4) is 0 Å². The topological polar surface area (TPSA) is 64.6 Å². The molecule has 1 aliphatic heterocycles. The first kappa shape index (κ1) is 19.5. The second-order valence-electron chi connectivity index (χ2n) is 8.43. The van der Waals surface area contributed by atoms with Gasteiger partial charge in [0, 0.05) is 38.3 Å². The van der Waals surface area contributed by atoms with E-state index in [1.165, 1.54) is 32.1 Å². The number of rotatable bonds is 7. The predicted octanol–water partition coefficient (Wildman–Crippen LogP) is 2.88. The summed E-state index contributed by atoms with van der Waals surface area (Å²) in [7, 11) is 0. The fourth-order valence-electron chi connectivity index (χ4n) is 3.94. The number of nitrogens with one attached hydrogen (secondary N) is 2. The second kappa shape index (κ2) is 9.62. The number of hydrogen-bond donors (Lipinski definition) is 3. The second-order valence-corrected chi connectivity index (χ2v) is 8.43. The standard InChI is InChI=1S/C19H37N3O2/c1-19(2,15-23)11-6-12-20-18(24)21-16-9-13-22(14-10-16)17-7-4-3-5-8-17/h16-17,23H,3-15H2,1-2H3,(H2,20,21,24). The molecule has 2 fully saturated rings. The van der Waals surface area contributed by atoms with Crippen molar-refractivity contribution in [2.24, 2.45) is 5.41 Å². The fourth-order valence-corrected chi connectivity index (χ4v) is 3.94. The molecule has 2 aliphatic rings. The Labute approximate surface area is 147 Å². The van der Waals surface area contributed by atoms with Gasteiger partial charge in [0.1, 0.15) is 0 Å². The quantitative estimate of drug-likeness (QED) is 0.625. The number of likely N-dealkylation sites (tertiary alicyclic amines) is 1. The van der Waals surface area contributed by atoms with E-state index in [0.717, 1.165) is 44.8 Å². The number of carbonyl (C=O) groups excluding carboxylic acids is 1. The Morgan fingerprint density at radius 3 is 2.42 bits per heavy atom. The number of carbonyl (C=O) groups is 1. The van der Waals surface area contributed by atoms with E-state index in [1.54, 1.807) is 0 Å². The van der Waals surface area contributed by atoms with Crippen LogP contribution in [0.25, 0.3) is 0 Å². The normalized spacial score (nSPS) is 21.6. The zero-order chi connectivity index (χ0) is 17.4. The molecule has 5 heteroatoms. The highest BCUT2D eigenvalue weighted by Crippen LogP contribution is 2.25. The summed E-state index contributed by atoms with van der Waals surface area (Å²) in [6, 6.07) is 1.08. The van der Waals surface area contributed by atoms with Gasteiger partial charge in [-0.2, -0.15) is 0 Å². The Balaban J connectivity index is 1.57. The van der Waals surface area contributed by atoms with Crippen LogP contribution in [-0.2, 0) is 0 Å². The molecular formula is C19H37N3O2. The van der Waals surface area contributed by atoms with E-state index in [1.807, 2.05) is 13.8 Å². The van der Waals surface area contributed by atoms with Crippen LogP contribution in [0.1, 0.15) is 71.6 Å². The van der Waals surface area contributed by atoms with Gasteiger partial charge in [-0.3, -0.25) is 0 Å². The summed E-state index contributed by atoms with van der Waals surface area (Å²) < 4.78 is 0. The molecule has 1 heterocycles. The van der Waals surface area contributed by atoms with Crippen LogP contribution in [0.3, 0.4) is 0 Å². The van der Waals surface area contributed by atoms with E-state index >= 15 is 0 Å². The van der Waals surface area contributed by atoms with Gasteiger partial charge in [0.2, 0.25) is 0 Å². The molecule has 140 valence electrons. The van der Waals surface area contributed by atoms with Crippen LogP contribution in [0.2, 0.25) is 0 Å². The Kier molecular flexibility index (Phi) is 7.82. The maximum atomic E-state index is 12.0. The summed E-state index contributed by atoms with van der Waals surface area (Å²) in [4.78, 5) is 14.6. The Morgan fingerprint density at radius 2 is 1.79 bits per heavy atom. The van der Waals surface area contributed by atoms with Crippen LogP contribution in [0.15, 0.2) is 0 Å². The van der Waals surface area contributed by atoms with E-state index in [2.05, 4.69) is 15.5 Å². The van der Waals surface area contributed by atoms with Crippen molar-refractivity contribution in [1.82, 2.24) is 15.5 Å². The average molecular weight is 340 g/mol. The SMILES string of the molecule is CC(C)(CO)CCCNC(=O)NC1CCN(C2CCCCC2)CC1. The zero-order valence-electron chi connectivity index (χ0n) is 15.6. The van der Waals surface area contributed by atoms with Crippen molar-refractivity contribution in [3.05, 3.63) is 0 Å². The maximum absolute atomic E-state index is 12.0. The minimum absolute atomic E-state index is 0.0343. The number of aliphatic hydroxyl groups is 1. The summed E-state index contributed by atoms with van der Waals surface area (Å²) in [5.74, 6) is 0. The highest BCUT2D eigenvalue weighted by atomic mass is 16.3. The van der Waals surface area contributed by atoms with Gasteiger partial charge in [-0.15, -0.1) is 0 Å². The average Bonchev–Trinajstić information content (AvgIpc) is 2.60. The van der Waals surface area contributed by atoms with Gasteiger partial charge in [-0.25, -0.2) is 4.79 Å². The van der Waals surface area contributed by atoms with E-state index in [4.69, 9.17) is 0 Å². The largest absolute Gasteiger partial charge is 0.396 e. The molecule has 0 unspecified atom stereocenters. The maximum Gasteiger partial charge on any atom is 0.315 e. The number of amides is 2. The molecule has 0 radical (unpaired) electrons. The molecular weight excluding hydrogens is 302 g/mol. The summed E-state index contributed by atoms with van der Waals surface area (Å²) in [5.41, 5.74) is -0.0515. The first-order chi connectivity index (χ1) is 11.5. The number of aliphatic hydroxyl groups excluding tert-OH is 1. The lowest BCUT2D eigenvalue weighted by Gasteiger charge is -2.39. The third-order valence-corrected chi connectivity index (χ3v) is 5.70. The molecule has 0 spiro atoms. The van der Waals surface area contributed by atoms with E-state index in [-0.39, 0.29) is 18.1 Å². The molecule has 2 rings (SSSR count). The van der Waals surface area contributed by atoms with Crippen molar-refractivity contribution in [3.63, 3.8) is 0 Å². The van der Waals surface area contributed by atoms with E-state index < -0.39 is 0 Å². The van der Waals surface area contributed by atoms with Gasteiger partial charge in [-0.1, -0.05) is 33.1 Å².